The first-order valence-electron chi connectivity index (χ1n) is 4.88. The van der Waals surface area contributed by atoms with Gasteiger partial charge < -0.3 is 5.32 Å². The van der Waals surface area contributed by atoms with Crippen LogP contribution in [0.2, 0.25) is 10.0 Å². The molecule has 0 aliphatic carbocycles. The van der Waals surface area contributed by atoms with Crippen molar-refractivity contribution in [3.8, 4) is 6.07 Å². The fourth-order valence-electron chi connectivity index (χ4n) is 1.34. The summed E-state index contributed by atoms with van der Waals surface area (Å²) in [6.45, 7) is 0. The fourth-order valence-corrected chi connectivity index (χ4v) is 1.83. The number of pyridine rings is 1. The van der Waals surface area contributed by atoms with Gasteiger partial charge >= 0.3 is 0 Å². The van der Waals surface area contributed by atoms with Gasteiger partial charge in [-0.05, 0) is 24.3 Å². The van der Waals surface area contributed by atoms with Crippen molar-refractivity contribution in [1.29, 1.82) is 5.26 Å². The molecule has 2 rings (SSSR count). The van der Waals surface area contributed by atoms with Crippen LogP contribution in [0.3, 0.4) is 0 Å². The third-order valence-electron chi connectivity index (χ3n) is 2.15. The van der Waals surface area contributed by atoms with Gasteiger partial charge in [0, 0.05) is 11.9 Å². The number of anilines is 2. The molecular weight excluding hydrogens is 276 g/mol. The van der Waals surface area contributed by atoms with E-state index in [4.69, 9.17) is 28.5 Å². The lowest BCUT2D eigenvalue weighted by Gasteiger charge is -2.07. The summed E-state index contributed by atoms with van der Waals surface area (Å²) in [4.78, 5) is 4.02. The van der Waals surface area contributed by atoms with Gasteiger partial charge in [0.25, 0.3) is 0 Å². The summed E-state index contributed by atoms with van der Waals surface area (Å²) in [6, 6.07) is 7.92. The van der Waals surface area contributed by atoms with E-state index in [-0.39, 0.29) is 10.0 Å². The third-order valence-corrected chi connectivity index (χ3v) is 2.70. The number of rotatable bonds is 2. The lowest BCUT2D eigenvalue weighted by molar-refractivity contribution is 0.629. The molecule has 1 aromatic carbocycles. The minimum Gasteiger partial charge on any atom is -0.340 e. The smallest absolute Gasteiger partial charge is 0.160 e. The number of hydrogen-bond acceptors (Lipinski definition) is 3. The number of nitrogens with one attached hydrogen (secondary N) is 1. The van der Waals surface area contributed by atoms with E-state index in [0.717, 1.165) is 0 Å². The molecule has 1 N–H and O–H groups in total. The van der Waals surface area contributed by atoms with Crippen LogP contribution in [0.4, 0.5) is 15.9 Å². The number of hydrogen-bond donors (Lipinski definition) is 1. The molecule has 0 aliphatic heterocycles. The zero-order chi connectivity index (χ0) is 13.1. The van der Waals surface area contributed by atoms with Crippen molar-refractivity contribution in [2.24, 2.45) is 0 Å². The lowest BCUT2D eigenvalue weighted by atomic mass is 10.2. The van der Waals surface area contributed by atoms with Crippen molar-refractivity contribution in [3.05, 3.63) is 51.9 Å². The van der Waals surface area contributed by atoms with Crippen LogP contribution in [0.15, 0.2) is 30.5 Å². The molecule has 18 heavy (non-hydrogen) atoms. The Kier molecular flexibility index (Phi) is 3.66. The van der Waals surface area contributed by atoms with Crippen LogP contribution in [0.25, 0.3) is 0 Å². The van der Waals surface area contributed by atoms with Crippen LogP contribution in [0, 0.1) is 17.1 Å². The summed E-state index contributed by atoms with van der Waals surface area (Å²) in [5.74, 6) is -0.213. The Balaban J connectivity index is 2.32. The normalized spacial score (nSPS) is 9.89. The Morgan fingerprint density at radius 3 is 2.50 bits per heavy atom. The molecule has 0 unspecified atom stereocenters. The molecule has 0 saturated heterocycles. The summed E-state index contributed by atoms with van der Waals surface area (Å²) in [6.07, 6.45) is 1.49. The number of benzene rings is 1. The van der Waals surface area contributed by atoms with Crippen molar-refractivity contribution in [1.82, 2.24) is 4.98 Å². The van der Waals surface area contributed by atoms with E-state index in [1.807, 2.05) is 6.07 Å². The molecule has 3 nitrogen and oxygen atoms in total. The number of halogens is 3. The minimum atomic E-state index is -0.664. The molecule has 1 heterocycles. The van der Waals surface area contributed by atoms with Crippen LogP contribution in [0.1, 0.15) is 5.56 Å². The highest BCUT2D eigenvalue weighted by Gasteiger charge is 2.08. The molecule has 0 aliphatic rings. The fraction of sp³-hybridized carbons (Fsp3) is 0. The Bertz CT molecular complexity index is 614. The van der Waals surface area contributed by atoms with Crippen LogP contribution >= 0.6 is 23.2 Å². The quantitative estimate of drug-likeness (QED) is 0.842. The van der Waals surface area contributed by atoms with Gasteiger partial charge in [-0.1, -0.05) is 23.2 Å². The molecule has 90 valence electrons. The average Bonchev–Trinajstić information content (AvgIpc) is 2.36. The monoisotopic (exact) mass is 281 g/mol. The van der Waals surface area contributed by atoms with E-state index in [2.05, 4.69) is 10.3 Å². The number of nitriles is 1. The first kappa shape index (κ1) is 12.6. The van der Waals surface area contributed by atoms with Gasteiger partial charge in [-0.2, -0.15) is 5.26 Å². The first-order chi connectivity index (χ1) is 8.60. The molecular formula is C12H6Cl2FN3. The predicted octanol–water partition coefficient (Wildman–Crippen LogP) is 4.14. The Hall–Kier alpha value is -1.83. The van der Waals surface area contributed by atoms with E-state index in [0.29, 0.717) is 17.1 Å². The third kappa shape index (κ3) is 2.70. The average molecular weight is 282 g/mol. The SMILES string of the molecule is N#Cc1ccnc(Nc2cc(Cl)c(F)c(Cl)c2)c1. The van der Waals surface area contributed by atoms with Crippen LogP contribution < -0.4 is 5.32 Å². The van der Waals surface area contributed by atoms with Crippen LogP contribution in [0.5, 0.6) is 0 Å². The highest BCUT2D eigenvalue weighted by Crippen LogP contribution is 2.28. The molecule has 0 fully saturated rings. The molecule has 0 amide bonds. The number of aromatic nitrogens is 1. The summed E-state index contributed by atoms with van der Waals surface area (Å²) >= 11 is 11.3. The van der Waals surface area contributed by atoms with Gasteiger partial charge in [0.05, 0.1) is 21.7 Å². The minimum absolute atomic E-state index is 0.0820. The van der Waals surface area contributed by atoms with Gasteiger partial charge in [-0.3, -0.25) is 0 Å². The van der Waals surface area contributed by atoms with Crippen molar-refractivity contribution >= 4 is 34.7 Å². The van der Waals surface area contributed by atoms with Crippen LogP contribution in [-0.2, 0) is 0 Å². The predicted molar refractivity (Wildman–Crippen MR) is 68.7 cm³/mol. The van der Waals surface area contributed by atoms with Gasteiger partial charge in [0.2, 0.25) is 0 Å². The zero-order valence-corrected chi connectivity index (χ0v) is 10.4. The maximum Gasteiger partial charge on any atom is 0.160 e. The van der Waals surface area contributed by atoms with Crippen LogP contribution in [-0.4, -0.2) is 4.98 Å². The Morgan fingerprint density at radius 2 is 1.89 bits per heavy atom. The van der Waals surface area contributed by atoms with Crippen molar-refractivity contribution < 1.29 is 4.39 Å². The molecule has 6 heteroatoms. The second-order valence-electron chi connectivity index (χ2n) is 3.42. The van der Waals surface area contributed by atoms with E-state index < -0.39 is 5.82 Å². The Labute approximate surface area is 113 Å². The van der Waals surface area contributed by atoms with E-state index in [9.17, 15) is 4.39 Å². The van der Waals surface area contributed by atoms with Crippen molar-refractivity contribution in [3.63, 3.8) is 0 Å². The van der Waals surface area contributed by atoms with Crippen molar-refractivity contribution in [2.45, 2.75) is 0 Å². The van der Waals surface area contributed by atoms with Crippen molar-refractivity contribution in [2.75, 3.05) is 5.32 Å². The van der Waals surface area contributed by atoms with Gasteiger partial charge in [0.1, 0.15) is 5.82 Å². The second-order valence-corrected chi connectivity index (χ2v) is 4.23. The van der Waals surface area contributed by atoms with Gasteiger partial charge in [-0.15, -0.1) is 0 Å². The summed E-state index contributed by atoms with van der Waals surface area (Å²) in [7, 11) is 0. The standard InChI is InChI=1S/C12H6Cl2FN3/c13-9-4-8(5-10(14)12(9)15)18-11-3-7(6-16)1-2-17-11/h1-5H,(H,17,18). The van der Waals surface area contributed by atoms with E-state index >= 15 is 0 Å². The lowest BCUT2D eigenvalue weighted by Crippen LogP contribution is -1.95. The summed E-state index contributed by atoms with van der Waals surface area (Å²) in [5, 5.41) is 11.5. The molecule has 1 aromatic heterocycles. The van der Waals surface area contributed by atoms with E-state index in [1.54, 1.807) is 12.1 Å². The maximum atomic E-state index is 13.2. The highest BCUT2D eigenvalue weighted by molar-refractivity contribution is 6.35. The molecule has 0 saturated carbocycles. The summed E-state index contributed by atoms with van der Waals surface area (Å²) < 4.78 is 13.2. The second kappa shape index (κ2) is 5.21. The van der Waals surface area contributed by atoms with E-state index in [1.165, 1.54) is 18.3 Å². The number of nitrogens with zero attached hydrogens (tertiary/aromatic N) is 2. The maximum absolute atomic E-state index is 13.2. The molecule has 0 bridgehead atoms. The molecule has 0 spiro atoms. The molecule has 2 aromatic rings. The first-order valence-corrected chi connectivity index (χ1v) is 5.63. The van der Waals surface area contributed by atoms with Gasteiger partial charge in [0.15, 0.2) is 5.82 Å². The summed E-state index contributed by atoms with van der Waals surface area (Å²) in [5.41, 5.74) is 0.959. The Morgan fingerprint density at radius 1 is 1.22 bits per heavy atom. The zero-order valence-electron chi connectivity index (χ0n) is 8.92. The topological polar surface area (TPSA) is 48.7 Å². The highest BCUT2D eigenvalue weighted by atomic mass is 35.5. The van der Waals surface area contributed by atoms with Gasteiger partial charge in [-0.25, -0.2) is 9.37 Å². The largest absolute Gasteiger partial charge is 0.340 e. The molecule has 0 radical (unpaired) electrons. The molecule has 0 atom stereocenters.